The first-order valence-corrected chi connectivity index (χ1v) is 7.72. The van der Waals surface area contributed by atoms with Crippen LogP contribution >= 0.6 is 0 Å². The fourth-order valence-electron chi connectivity index (χ4n) is 1.84. The summed E-state index contributed by atoms with van der Waals surface area (Å²) in [5, 5.41) is 4.21. The second-order valence-electron chi connectivity index (χ2n) is 4.19. The van der Waals surface area contributed by atoms with E-state index in [1.54, 1.807) is 6.20 Å². The Morgan fingerprint density at radius 2 is 2.00 bits per heavy atom. The Morgan fingerprint density at radius 3 is 2.79 bits per heavy atom. The molecule has 1 aromatic heterocycles. The van der Waals surface area contributed by atoms with E-state index in [-0.39, 0.29) is 5.75 Å². The second kappa shape index (κ2) is 6.10. The fourth-order valence-corrected chi connectivity index (χ4v) is 2.46. The minimum absolute atomic E-state index is 0.0711. The molecule has 0 atom stereocenters. The SMILES string of the molecule is CNS(=O)(=O)CCNCc1cccc2cccnc12. The van der Waals surface area contributed by atoms with Gasteiger partial charge in [0.15, 0.2) is 0 Å². The maximum Gasteiger partial charge on any atom is 0.212 e. The highest BCUT2D eigenvalue weighted by molar-refractivity contribution is 7.89. The molecule has 0 saturated carbocycles. The van der Waals surface area contributed by atoms with Crippen LogP contribution in [0.3, 0.4) is 0 Å². The zero-order chi connectivity index (χ0) is 13.7. The minimum Gasteiger partial charge on any atom is -0.312 e. The summed E-state index contributed by atoms with van der Waals surface area (Å²) in [5.74, 6) is 0.0711. The van der Waals surface area contributed by atoms with Gasteiger partial charge in [-0.2, -0.15) is 0 Å². The summed E-state index contributed by atoms with van der Waals surface area (Å²) in [6, 6.07) is 9.90. The number of hydrogen-bond donors (Lipinski definition) is 2. The van der Waals surface area contributed by atoms with Crippen LogP contribution in [-0.4, -0.2) is 32.7 Å². The first kappa shape index (κ1) is 13.9. The molecule has 0 fully saturated rings. The van der Waals surface area contributed by atoms with Gasteiger partial charge in [0.05, 0.1) is 11.3 Å². The molecule has 0 aliphatic rings. The lowest BCUT2D eigenvalue weighted by atomic mass is 10.1. The van der Waals surface area contributed by atoms with Crippen molar-refractivity contribution in [3.63, 3.8) is 0 Å². The number of nitrogens with one attached hydrogen (secondary N) is 2. The molecule has 2 aromatic rings. The highest BCUT2D eigenvalue weighted by atomic mass is 32.2. The Hall–Kier alpha value is -1.50. The van der Waals surface area contributed by atoms with Crippen LogP contribution < -0.4 is 10.0 Å². The van der Waals surface area contributed by atoms with Crippen molar-refractivity contribution in [2.24, 2.45) is 0 Å². The van der Waals surface area contributed by atoms with E-state index in [1.807, 2.05) is 30.3 Å². The molecule has 0 aliphatic heterocycles. The van der Waals surface area contributed by atoms with E-state index in [9.17, 15) is 8.42 Å². The van der Waals surface area contributed by atoms with E-state index >= 15 is 0 Å². The van der Waals surface area contributed by atoms with Crippen LogP contribution in [0, 0.1) is 0 Å². The molecule has 5 nitrogen and oxygen atoms in total. The summed E-state index contributed by atoms with van der Waals surface area (Å²) < 4.78 is 24.8. The number of rotatable bonds is 6. The summed E-state index contributed by atoms with van der Waals surface area (Å²) in [7, 11) is -1.72. The lowest BCUT2D eigenvalue weighted by Gasteiger charge is -2.07. The average Bonchev–Trinajstić information content (AvgIpc) is 2.44. The largest absolute Gasteiger partial charge is 0.312 e. The van der Waals surface area contributed by atoms with Crippen molar-refractivity contribution in [2.75, 3.05) is 19.3 Å². The Labute approximate surface area is 113 Å². The van der Waals surface area contributed by atoms with Gasteiger partial charge in [0.1, 0.15) is 0 Å². The second-order valence-corrected chi connectivity index (χ2v) is 6.24. The molecule has 2 rings (SSSR count). The molecular weight excluding hydrogens is 262 g/mol. The van der Waals surface area contributed by atoms with Gasteiger partial charge < -0.3 is 5.32 Å². The first-order valence-electron chi connectivity index (χ1n) is 6.07. The number of sulfonamides is 1. The minimum atomic E-state index is -3.14. The van der Waals surface area contributed by atoms with E-state index < -0.39 is 10.0 Å². The van der Waals surface area contributed by atoms with Crippen molar-refractivity contribution in [3.8, 4) is 0 Å². The van der Waals surface area contributed by atoms with Gasteiger partial charge in [-0.05, 0) is 18.7 Å². The molecule has 0 spiro atoms. The molecule has 0 saturated heterocycles. The highest BCUT2D eigenvalue weighted by Gasteiger charge is 2.06. The number of benzene rings is 1. The molecule has 0 amide bonds. The monoisotopic (exact) mass is 279 g/mol. The number of para-hydroxylation sites is 1. The van der Waals surface area contributed by atoms with Crippen LogP contribution in [0.25, 0.3) is 10.9 Å². The topological polar surface area (TPSA) is 71.1 Å². The van der Waals surface area contributed by atoms with E-state index in [0.717, 1.165) is 16.5 Å². The lowest BCUT2D eigenvalue weighted by molar-refractivity contribution is 0.583. The molecule has 1 aromatic carbocycles. The molecule has 1 heterocycles. The van der Waals surface area contributed by atoms with Gasteiger partial charge in [0.2, 0.25) is 10.0 Å². The molecule has 0 radical (unpaired) electrons. The number of fused-ring (bicyclic) bond motifs is 1. The maximum atomic E-state index is 11.3. The van der Waals surface area contributed by atoms with Crippen molar-refractivity contribution >= 4 is 20.9 Å². The van der Waals surface area contributed by atoms with Gasteiger partial charge in [-0.15, -0.1) is 0 Å². The molecule has 0 unspecified atom stereocenters. The van der Waals surface area contributed by atoms with Crippen molar-refractivity contribution < 1.29 is 8.42 Å². The van der Waals surface area contributed by atoms with Gasteiger partial charge in [-0.1, -0.05) is 24.3 Å². The quantitative estimate of drug-likeness (QED) is 0.770. The average molecular weight is 279 g/mol. The predicted molar refractivity (Wildman–Crippen MR) is 76.3 cm³/mol. The Kier molecular flexibility index (Phi) is 4.47. The van der Waals surface area contributed by atoms with Crippen molar-refractivity contribution in [3.05, 3.63) is 42.1 Å². The first-order chi connectivity index (χ1) is 9.12. The van der Waals surface area contributed by atoms with Gasteiger partial charge >= 0.3 is 0 Å². The van der Waals surface area contributed by atoms with Gasteiger partial charge in [0.25, 0.3) is 0 Å². The van der Waals surface area contributed by atoms with Crippen LogP contribution in [0.15, 0.2) is 36.5 Å². The highest BCUT2D eigenvalue weighted by Crippen LogP contribution is 2.15. The summed E-state index contributed by atoms with van der Waals surface area (Å²) in [6.45, 7) is 1.01. The predicted octanol–water partition coefficient (Wildman–Crippen LogP) is 0.874. The molecule has 0 bridgehead atoms. The zero-order valence-electron chi connectivity index (χ0n) is 10.8. The van der Waals surface area contributed by atoms with E-state index in [0.29, 0.717) is 13.1 Å². The number of pyridine rings is 1. The van der Waals surface area contributed by atoms with E-state index in [1.165, 1.54) is 7.05 Å². The van der Waals surface area contributed by atoms with Gasteiger partial charge in [0, 0.05) is 24.7 Å². The van der Waals surface area contributed by atoms with Crippen LogP contribution in [0.4, 0.5) is 0 Å². The number of aromatic nitrogens is 1. The zero-order valence-corrected chi connectivity index (χ0v) is 11.6. The van der Waals surface area contributed by atoms with Crippen LogP contribution in [0.5, 0.6) is 0 Å². The molecule has 102 valence electrons. The molecule has 19 heavy (non-hydrogen) atoms. The van der Waals surface area contributed by atoms with Crippen LogP contribution in [0.2, 0.25) is 0 Å². The lowest BCUT2D eigenvalue weighted by Crippen LogP contribution is -2.29. The summed E-state index contributed by atoms with van der Waals surface area (Å²) in [4.78, 5) is 4.35. The number of hydrogen-bond acceptors (Lipinski definition) is 4. The Morgan fingerprint density at radius 1 is 1.21 bits per heavy atom. The standard InChI is InChI=1S/C13H17N3O2S/c1-14-19(17,18)9-8-15-10-12-5-2-4-11-6-3-7-16-13(11)12/h2-7,14-15H,8-10H2,1H3. The molecular formula is C13H17N3O2S. The van der Waals surface area contributed by atoms with Crippen LogP contribution in [0.1, 0.15) is 5.56 Å². The third-order valence-corrected chi connectivity index (χ3v) is 4.25. The van der Waals surface area contributed by atoms with Crippen molar-refractivity contribution in [2.45, 2.75) is 6.54 Å². The van der Waals surface area contributed by atoms with Gasteiger partial charge in [-0.25, -0.2) is 13.1 Å². The fraction of sp³-hybridized carbons (Fsp3) is 0.308. The summed E-state index contributed by atoms with van der Waals surface area (Å²) >= 11 is 0. The Bertz CT molecular complexity index is 650. The third kappa shape index (κ3) is 3.73. The van der Waals surface area contributed by atoms with Gasteiger partial charge in [-0.3, -0.25) is 4.98 Å². The number of nitrogens with zero attached hydrogens (tertiary/aromatic N) is 1. The van der Waals surface area contributed by atoms with Crippen LogP contribution in [-0.2, 0) is 16.6 Å². The summed E-state index contributed by atoms with van der Waals surface area (Å²) in [5.41, 5.74) is 2.02. The maximum absolute atomic E-state index is 11.3. The van der Waals surface area contributed by atoms with Crippen molar-refractivity contribution in [1.29, 1.82) is 0 Å². The smallest absolute Gasteiger partial charge is 0.212 e. The molecule has 6 heteroatoms. The summed E-state index contributed by atoms with van der Waals surface area (Å²) in [6.07, 6.45) is 1.76. The third-order valence-electron chi connectivity index (χ3n) is 2.89. The molecule has 0 aliphatic carbocycles. The normalized spacial score (nSPS) is 11.8. The van der Waals surface area contributed by atoms with Crippen molar-refractivity contribution in [1.82, 2.24) is 15.0 Å². The van der Waals surface area contributed by atoms with E-state index in [4.69, 9.17) is 0 Å². The Balaban J connectivity index is 1.99. The van der Waals surface area contributed by atoms with E-state index in [2.05, 4.69) is 15.0 Å². The molecule has 2 N–H and O–H groups in total.